The summed E-state index contributed by atoms with van der Waals surface area (Å²) in [6, 6.07) is 4.62. The van der Waals surface area contributed by atoms with Gasteiger partial charge in [0.1, 0.15) is 0 Å². The van der Waals surface area contributed by atoms with Gasteiger partial charge in [0, 0.05) is 17.5 Å². The third-order valence-electron chi connectivity index (χ3n) is 2.14. The molecule has 0 radical (unpaired) electrons. The Morgan fingerprint density at radius 1 is 1.25 bits per heavy atom. The molecule has 3 heteroatoms. The van der Waals surface area contributed by atoms with Gasteiger partial charge in [0.25, 0.3) is 0 Å². The van der Waals surface area contributed by atoms with Gasteiger partial charge in [0.2, 0.25) is 0 Å². The predicted octanol–water partition coefficient (Wildman–Crippen LogP) is 3.58. The fourth-order valence-corrected chi connectivity index (χ4v) is 2.40. The number of thioether (sulfide) groups is 1. The Kier molecular flexibility index (Phi) is 5.67. The van der Waals surface area contributed by atoms with E-state index >= 15 is 0 Å². The average Bonchev–Trinajstić information content (AvgIpc) is 2.21. The molecule has 0 amide bonds. The van der Waals surface area contributed by atoms with Crippen molar-refractivity contribution in [1.29, 1.82) is 0 Å². The van der Waals surface area contributed by atoms with Gasteiger partial charge in [-0.25, -0.2) is 0 Å². The second-order valence-corrected chi connectivity index (χ2v) is 5.74. The Labute approximate surface area is 103 Å². The second-order valence-electron chi connectivity index (χ2n) is 4.66. The minimum atomic E-state index is 0.494. The Balaban J connectivity index is 2.28. The monoisotopic (exact) mass is 238 g/mol. The molecule has 0 saturated carbocycles. The van der Waals surface area contributed by atoms with E-state index in [0.29, 0.717) is 6.04 Å². The molecule has 0 aliphatic rings. The lowest BCUT2D eigenvalue weighted by Crippen LogP contribution is -2.18. The van der Waals surface area contributed by atoms with E-state index in [-0.39, 0.29) is 0 Å². The van der Waals surface area contributed by atoms with Crippen molar-refractivity contribution in [2.24, 2.45) is 5.92 Å². The highest BCUT2D eigenvalue weighted by molar-refractivity contribution is 7.99. The van der Waals surface area contributed by atoms with Crippen molar-refractivity contribution in [2.75, 3.05) is 16.8 Å². The highest BCUT2D eigenvalue weighted by Crippen LogP contribution is 2.12. The maximum Gasteiger partial charge on any atom is 0.0529 e. The molecule has 90 valence electrons. The summed E-state index contributed by atoms with van der Waals surface area (Å²) in [5, 5.41) is 3.46. The molecule has 0 aliphatic heterocycles. The SMILES string of the molecule is Cc1ccc(NC(C)CSCC(C)C)cn1. The number of anilines is 1. The molecule has 0 spiro atoms. The lowest BCUT2D eigenvalue weighted by atomic mass is 10.3. The maximum atomic E-state index is 4.27. The van der Waals surface area contributed by atoms with Gasteiger partial charge in [0.05, 0.1) is 11.9 Å². The normalized spacial score (nSPS) is 12.8. The molecule has 1 N–H and O–H groups in total. The molecule has 1 unspecified atom stereocenters. The van der Waals surface area contributed by atoms with Crippen molar-refractivity contribution in [3.05, 3.63) is 24.0 Å². The summed E-state index contributed by atoms with van der Waals surface area (Å²) in [7, 11) is 0. The summed E-state index contributed by atoms with van der Waals surface area (Å²) in [6.45, 7) is 8.74. The third kappa shape index (κ3) is 5.40. The van der Waals surface area contributed by atoms with E-state index in [1.54, 1.807) is 0 Å². The van der Waals surface area contributed by atoms with E-state index in [1.165, 1.54) is 5.75 Å². The van der Waals surface area contributed by atoms with Crippen LogP contribution in [0.2, 0.25) is 0 Å². The van der Waals surface area contributed by atoms with Crippen LogP contribution in [0, 0.1) is 12.8 Å². The molecule has 0 aliphatic carbocycles. The summed E-state index contributed by atoms with van der Waals surface area (Å²) >= 11 is 2.01. The van der Waals surface area contributed by atoms with E-state index in [2.05, 4.69) is 37.1 Å². The first-order valence-corrected chi connectivity index (χ1v) is 7.00. The first-order chi connectivity index (χ1) is 7.58. The highest BCUT2D eigenvalue weighted by Gasteiger charge is 2.03. The number of aryl methyl sites for hydroxylation is 1. The number of hydrogen-bond acceptors (Lipinski definition) is 3. The second kappa shape index (κ2) is 6.79. The van der Waals surface area contributed by atoms with Gasteiger partial charge in [-0.05, 0) is 37.7 Å². The number of hydrogen-bond donors (Lipinski definition) is 1. The fourth-order valence-electron chi connectivity index (χ4n) is 1.36. The van der Waals surface area contributed by atoms with Crippen molar-refractivity contribution in [1.82, 2.24) is 4.98 Å². The molecule has 16 heavy (non-hydrogen) atoms. The molecule has 0 saturated heterocycles. The van der Waals surface area contributed by atoms with Gasteiger partial charge in [0.15, 0.2) is 0 Å². The van der Waals surface area contributed by atoms with Gasteiger partial charge in [-0.15, -0.1) is 0 Å². The number of nitrogens with one attached hydrogen (secondary N) is 1. The van der Waals surface area contributed by atoms with E-state index in [0.717, 1.165) is 23.1 Å². The summed E-state index contributed by atoms with van der Waals surface area (Å²) < 4.78 is 0. The zero-order chi connectivity index (χ0) is 12.0. The lowest BCUT2D eigenvalue weighted by Gasteiger charge is -2.15. The van der Waals surface area contributed by atoms with Crippen LogP contribution in [0.3, 0.4) is 0 Å². The van der Waals surface area contributed by atoms with Crippen LogP contribution in [0.5, 0.6) is 0 Å². The van der Waals surface area contributed by atoms with Gasteiger partial charge < -0.3 is 5.32 Å². The van der Waals surface area contributed by atoms with Crippen LogP contribution in [0.1, 0.15) is 26.5 Å². The Bertz CT molecular complexity index is 295. The van der Waals surface area contributed by atoms with Crippen molar-refractivity contribution in [3.8, 4) is 0 Å². The molecular weight excluding hydrogens is 216 g/mol. The van der Waals surface area contributed by atoms with Crippen molar-refractivity contribution in [3.63, 3.8) is 0 Å². The van der Waals surface area contributed by atoms with Gasteiger partial charge in [-0.3, -0.25) is 4.98 Å². The third-order valence-corrected chi connectivity index (χ3v) is 3.78. The van der Waals surface area contributed by atoms with Crippen LogP contribution in [0.25, 0.3) is 0 Å². The van der Waals surface area contributed by atoms with E-state index in [9.17, 15) is 0 Å². The molecule has 2 nitrogen and oxygen atoms in total. The minimum Gasteiger partial charge on any atom is -0.381 e. The van der Waals surface area contributed by atoms with Crippen molar-refractivity contribution in [2.45, 2.75) is 33.7 Å². The van der Waals surface area contributed by atoms with Crippen LogP contribution in [-0.2, 0) is 0 Å². The quantitative estimate of drug-likeness (QED) is 0.820. The molecule has 1 heterocycles. The summed E-state index contributed by atoms with van der Waals surface area (Å²) in [6.07, 6.45) is 1.90. The minimum absolute atomic E-state index is 0.494. The van der Waals surface area contributed by atoms with Gasteiger partial charge in [-0.2, -0.15) is 11.8 Å². The van der Waals surface area contributed by atoms with Crippen LogP contribution < -0.4 is 5.32 Å². The van der Waals surface area contributed by atoms with Crippen LogP contribution in [0.15, 0.2) is 18.3 Å². The summed E-state index contributed by atoms with van der Waals surface area (Å²) in [4.78, 5) is 4.27. The zero-order valence-corrected chi connectivity index (χ0v) is 11.5. The van der Waals surface area contributed by atoms with Crippen LogP contribution in [-0.4, -0.2) is 22.5 Å². The fraction of sp³-hybridized carbons (Fsp3) is 0.615. The standard InChI is InChI=1S/C13H22N2S/c1-10(2)8-16-9-12(4)15-13-6-5-11(3)14-7-13/h5-7,10,12,15H,8-9H2,1-4H3. The lowest BCUT2D eigenvalue weighted by molar-refractivity contribution is 0.748. The summed E-state index contributed by atoms with van der Waals surface area (Å²) in [5.41, 5.74) is 2.18. The topological polar surface area (TPSA) is 24.9 Å². The Morgan fingerprint density at radius 2 is 2.00 bits per heavy atom. The highest BCUT2D eigenvalue weighted by atomic mass is 32.2. The first kappa shape index (κ1) is 13.4. The summed E-state index contributed by atoms with van der Waals surface area (Å²) in [5.74, 6) is 3.16. The molecule has 1 aromatic rings. The van der Waals surface area contributed by atoms with Gasteiger partial charge in [-0.1, -0.05) is 13.8 Å². The molecule has 1 rings (SSSR count). The molecular formula is C13H22N2S. The smallest absolute Gasteiger partial charge is 0.0529 e. The maximum absolute atomic E-state index is 4.27. The molecule has 0 aromatic carbocycles. The Morgan fingerprint density at radius 3 is 2.56 bits per heavy atom. The van der Waals surface area contributed by atoms with E-state index in [1.807, 2.05) is 30.9 Å². The number of nitrogens with zero attached hydrogens (tertiary/aromatic N) is 1. The van der Waals surface area contributed by atoms with E-state index in [4.69, 9.17) is 0 Å². The van der Waals surface area contributed by atoms with Crippen molar-refractivity contribution < 1.29 is 0 Å². The predicted molar refractivity (Wildman–Crippen MR) is 74.2 cm³/mol. The molecule has 1 atom stereocenters. The number of rotatable bonds is 6. The molecule has 1 aromatic heterocycles. The van der Waals surface area contributed by atoms with Gasteiger partial charge >= 0.3 is 0 Å². The Hall–Kier alpha value is -0.700. The largest absolute Gasteiger partial charge is 0.381 e. The number of pyridine rings is 1. The van der Waals surface area contributed by atoms with Crippen molar-refractivity contribution >= 4 is 17.4 Å². The van der Waals surface area contributed by atoms with Crippen LogP contribution in [0.4, 0.5) is 5.69 Å². The first-order valence-electron chi connectivity index (χ1n) is 5.85. The average molecular weight is 238 g/mol. The zero-order valence-electron chi connectivity index (χ0n) is 10.7. The van der Waals surface area contributed by atoms with Crippen LogP contribution >= 0.6 is 11.8 Å². The molecule has 0 bridgehead atoms. The number of aromatic nitrogens is 1. The molecule has 0 fully saturated rings. The van der Waals surface area contributed by atoms with E-state index < -0.39 is 0 Å².